The summed E-state index contributed by atoms with van der Waals surface area (Å²) in [6, 6.07) is 0.597. The minimum absolute atomic E-state index is 0.597. The van der Waals surface area contributed by atoms with E-state index in [1.807, 2.05) is 6.92 Å². The molecule has 0 aromatic carbocycles. The lowest BCUT2D eigenvalue weighted by Crippen LogP contribution is -2.42. The molecule has 4 nitrogen and oxygen atoms in total. The van der Waals surface area contributed by atoms with Gasteiger partial charge in [0.05, 0.1) is 5.69 Å². The number of anilines is 1. The van der Waals surface area contributed by atoms with Gasteiger partial charge in [-0.1, -0.05) is 6.42 Å². The minimum Gasteiger partial charge on any atom is -0.357 e. The molecule has 88 valence electrons. The number of rotatable bonds is 3. The van der Waals surface area contributed by atoms with Crippen molar-refractivity contribution < 1.29 is 0 Å². The first-order valence-electron chi connectivity index (χ1n) is 5.99. The van der Waals surface area contributed by atoms with E-state index in [1.165, 1.54) is 19.3 Å². The molecule has 1 saturated heterocycles. The monoisotopic (exact) mass is 220 g/mol. The fraction of sp³-hybridized carbons (Fsp3) is 0.667. The molecule has 0 saturated carbocycles. The molecule has 0 unspecified atom stereocenters. The summed E-state index contributed by atoms with van der Waals surface area (Å²) in [4.78, 5) is 10.8. The van der Waals surface area contributed by atoms with Crippen molar-refractivity contribution in [2.75, 3.05) is 25.0 Å². The number of hydrogen-bond donors (Lipinski definition) is 1. The molecule has 0 aliphatic carbocycles. The summed E-state index contributed by atoms with van der Waals surface area (Å²) in [5.74, 6) is 0.995. The van der Waals surface area contributed by atoms with Crippen LogP contribution in [0.4, 0.5) is 5.82 Å². The lowest BCUT2D eigenvalue weighted by molar-refractivity contribution is 0.402. The number of nitrogens with zero attached hydrogens (tertiary/aromatic N) is 3. The van der Waals surface area contributed by atoms with E-state index in [-0.39, 0.29) is 0 Å². The molecule has 0 radical (unpaired) electrons. The van der Waals surface area contributed by atoms with Crippen molar-refractivity contribution in [3.8, 4) is 0 Å². The van der Waals surface area contributed by atoms with Gasteiger partial charge in [0.15, 0.2) is 0 Å². The summed E-state index contributed by atoms with van der Waals surface area (Å²) in [7, 11) is 2.09. The molecule has 1 aliphatic rings. The normalized spacial score (nSPS) is 20.8. The summed E-state index contributed by atoms with van der Waals surface area (Å²) >= 11 is 0. The molecule has 0 amide bonds. The maximum Gasteiger partial charge on any atom is 0.149 e. The summed E-state index contributed by atoms with van der Waals surface area (Å²) < 4.78 is 0. The van der Waals surface area contributed by atoms with Crippen molar-refractivity contribution in [3.63, 3.8) is 0 Å². The Bertz CT molecular complexity index is 334. The lowest BCUT2D eigenvalue weighted by Gasteiger charge is -2.29. The van der Waals surface area contributed by atoms with Crippen LogP contribution in [0.5, 0.6) is 0 Å². The first-order valence-corrected chi connectivity index (χ1v) is 5.99. The van der Waals surface area contributed by atoms with Crippen LogP contribution in [0.1, 0.15) is 25.0 Å². The Labute approximate surface area is 97.1 Å². The lowest BCUT2D eigenvalue weighted by atomic mass is 10.0. The van der Waals surface area contributed by atoms with Crippen LogP contribution in [0.25, 0.3) is 0 Å². The third kappa shape index (κ3) is 2.70. The van der Waals surface area contributed by atoms with Crippen LogP contribution in [-0.4, -0.2) is 36.1 Å². The van der Waals surface area contributed by atoms with Gasteiger partial charge in [0.2, 0.25) is 0 Å². The topological polar surface area (TPSA) is 41.1 Å². The third-order valence-corrected chi connectivity index (χ3v) is 3.12. The van der Waals surface area contributed by atoms with Crippen molar-refractivity contribution in [2.45, 2.75) is 32.2 Å². The quantitative estimate of drug-likeness (QED) is 0.835. The van der Waals surface area contributed by atoms with Gasteiger partial charge in [-0.15, -0.1) is 0 Å². The van der Waals surface area contributed by atoms with Crippen LogP contribution in [0.15, 0.2) is 12.4 Å². The Kier molecular flexibility index (Phi) is 3.72. The van der Waals surface area contributed by atoms with Crippen molar-refractivity contribution in [3.05, 3.63) is 18.1 Å². The van der Waals surface area contributed by atoms with E-state index in [2.05, 4.69) is 27.2 Å². The predicted molar refractivity (Wildman–Crippen MR) is 65.7 cm³/mol. The van der Waals surface area contributed by atoms with E-state index in [9.17, 15) is 0 Å². The number of aryl methyl sites for hydroxylation is 1. The van der Waals surface area contributed by atoms with Crippen molar-refractivity contribution >= 4 is 5.82 Å². The Morgan fingerprint density at radius 2 is 2.19 bits per heavy atom. The highest BCUT2D eigenvalue weighted by Gasteiger charge is 2.16. The molecule has 1 aliphatic heterocycles. The SMILES string of the molecule is Cc1nccnc1N(C)C[C@H]1CCCCN1. The van der Waals surface area contributed by atoms with Crippen LogP contribution >= 0.6 is 0 Å². The molecule has 4 heteroatoms. The summed E-state index contributed by atoms with van der Waals surface area (Å²) in [6.45, 7) is 4.17. The summed E-state index contributed by atoms with van der Waals surface area (Å²) in [5.41, 5.74) is 1.00. The van der Waals surface area contributed by atoms with Crippen molar-refractivity contribution in [1.29, 1.82) is 0 Å². The standard InChI is InChI=1S/C12H20N4/c1-10-12(15-8-7-13-10)16(2)9-11-5-3-4-6-14-11/h7-8,11,14H,3-6,9H2,1-2H3/t11-/m1/s1. The van der Waals surface area contributed by atoms with Crippen molar-refractivity contribution in [2.24, 2.45) is 0 Å². The number of nitrogens with one attached hydrogen (secondary N) is 1. The van der Waals surface area contributed by atoms with Gasteiger partial charge in [-0.3, -0.25) is 4.98 Å². The van der Waals surface area contributed by atoms with Gasteiger partial charge in [0, 0.05) is 32.0 Å². The van der Waals surface area contributed by atoms with E-state index < -0.39 is 0 Å². The van der Waals surface area contributed by atoms with Gasteiger partial charge < -0.3 is 10.2 Å². The van der Waals surface area contributed by atoms with Crippen molar-refractivity contribution in [1.82, 2.24) is 15.3 Å². The Morgan fingerprint density at radius 1 is 1.38 bits per heavy atom. The Morgan fingerprint density at radius 3 is 2.88 bits per heavy atom. The van der Waals surface area contributed by atoms with Crippen LogP contribution in [0, 0.1) is 6.92 Å². The van der Waals surface area contributed by atoms with Crippen LogP contribution in [-0.2, 0) is 0 Å². The Hall–Kier alpha value is -1.16. The molecule has 2 heterocycles. The average Bonchev–Trinajstić information content (AvgIpc) is 2.31. The second-order valence-corrected chi connectivity index (χ2v) is 4.49. The van der Waals surface area contributed by atoms with Gasteiger partial charge in [0.1, 0.15) is 5.82 Å². The average molecular weight is 220 g/mol. The van der Waals surface area contributed by atoms with Crippen LogP contribution in [0.2, 0.25) is 0 Å². The zero-order valence-electron chi connectivity index (χ0n) is 10.1. The molecule has 0 spiro atoms. The number of aromatic nitrogens is 2. The number of hydrogen-bond acceptors (Lipinski definition) is 4. The molecule has 16 heavy (non-hydrogen) atoms. The van der Waals surface area contributed by atoms with E-state index in [1.54, 1.807) is 12.4 Å². The van der Waals surface area contributed by atoms with Crippen LogP contribution < -0.4 is 10.2 Å². The zero-order chi connectivity index (χ0) is 11.4. The second kappa shape index (κ2) is 5.25. The van der Waals surface area contributed by atoms with Gasteiger partial charge in [-0.25, -0.2) is 4.98 Å². The maximum atomic E-state index is 4.38. The Balaban J connectivity index is 1.96. The molecule has 1 atom stereocenters. The van der Waals surface area contributed by atoms with E-state index in [0.29, 0.717) is 6.04 Å². The minimum atomic E-state index is 0.597. The van der Waals surface area contributed by atoms with Crippen LogP contribution in [0.3, 0.4) is 0 Å². The third-order valence-electron chi connectivity index (χ3n) is 3.12. The molecule has 2 rings (SSSR count). The predicted octanol–water partition coefficient (Wildman–Crippen LogP) is 1.36. The highest BCUT2D eigenvalue weighted by Crippen LogP contribution is 2.14. The molecular formula is C12H20N4. The molecule has 1 aromatic rings. The summed E-state index contributed by atoms with van der Waals surface area (Å²) in [6.07, 6.45) is 7.41. The molecule has 0 bridgehead atoms. The number of likely N-dealkylation sites (N-methyl/N-ethyl adjacent to an activating group) is 1. The zero-order valence-corrected chi connectivity index (χ0v) is 10.1. The smallest absolute Gasteiger partial charge is 0.149 e. The second-order valence-electron chi connectivity index (χ2n) is 4.49. The van der Waals surface area contributed by atoms with Gasteiger partial charge in [-0.2, -0.15) is 0 Å². The van der Waals surface area contributed by atoms with E-state index >= 15 is 0 Å². The van der Waals surface area contributed by atoms with E-state index in [0.717, 1.165) is 24.6 Å². The van der Waals surface area contributed by atoms with Gasteiger partial charge in [0.25, 0.3) is 0 Å². The van der Waals surface area contributed by atoms with Gasteiger partial charge in [-0.05, 0) is 26.3 Å². The van der Waals surface area contributed by atoms with Gasteiger partial charge >= 0.3 is 0 Å². The molecule has 1 N–H and O–H groups in total. The number of piperidine rings is 1. The first kappa shape index (κ1) is 11.3. The fourth-order valence-corrected chi connectivity index (χ4v) is 2.27. The largest absolute Gasteiger partial charge is 0.357 e. The van der Waals surface area contributed by atoms with E-state index in [4.69, 9.17) is 0 Å². The molecule has 1 fully saturated rings. The highest BCUT2D eigenvalue weighted by atomic mass is 15.2. The fourth-order valence-electron chi connectivity index (χ4n) is 2.27. The first-order chi connectivity index (χ1) is 7.77. The maximum absolute atomic E-state index is 4.38. The highest BCUT2D eigenvalue weighted by molar-refractivity contribution is 5.41. The molecular weight excluding hydrogens is 200 g/mol. The molecule has 1 aromatic heterocycles. The summed E-state index contributed by atoms with van der Waals surface area (Å²) in [5, 5.41) is 3.55.